The molecule has 1 heterocycles. The normalized spacial score (nSPS) is 11.4. The highest BCUT2D eigenvalue weighted by atomic mass is 35.5. The van der Waals surface area contributed by atoms with Crippen LogP contribution in [0.4, 0.5) is 0 Å². The van der Waals surface area contributed by atoms with Gasteiger partial charge in [-0.15, -0.1) is 11.3 Å². The fraction of sp³-hybridized carbons (Fsp3) is 0.333. The van der Waals surface area contributed by atoms with E-state index >= 15 is 0 Å². The molecule has 1 aromatic heterocycles. The summed E-state index contributed by atoms with van der Waals surface area (Å²) in [4.78, 5) is 3.78. The largest absolute Gasteiger partial charge is 0.292 e. The summed E-state index contributed by atoms with van der Waals surface area (Å²) in [5.41, 5.74) is 1.36. The summed E-state index contributed by atoms with van der Waals surface area (Å²) in [6.45, 7) is 6.41. The van der Waals surface area contributed by atoms with E-state index in [1.807, 2.05) is 6.07 Å². The number of nitrogens with zero attached hydrogens (tertiary/aromatic N) is 1. The van der Waals surface area contributed by atoms with Crippen molar-refractivity contribution in [3.8, 4) is 0 Å². The van der Waals surface area contributed by atoms with Crippen LogP contribution in [-0.2, 0) is 13.1 Å². The molecule has 0 unspecified atom stereocenters. The summed E-state index contributed by atoms with van der Waals surface area (Å²) in [5.74, 6) is 0. The van der Waals surface area contributed by atoms with E-state index in [2.05, 4.69) is 55.1 Å². The maximum atomic E-state index is 5.98. The molecule has 0 aliphatic carbocycles. The molecule has 0 bridgehead atoms. The molecule has 0 atom stereocenters. The van der Waals surface area contributed by atoms with E-state index in [-0.39, 0.29) is 0 Å². The first kappa shape index (κ1) is 13.6. The lowest BCUT2D eigenvalue weighted by Crippen LogP contribution is -2.29. The average Bonchev–Trinajstić information content (AvgIpc) is 2.75. The minimum atomic E-state index is 0.520. The standard InChI is InChI=1S/C15H18ClNS/c1-12(2)17(10-13-6-4-3-5-7-13)11-14-8-9-15(16)18-14/h3-9,12H,10-11H2,1-2H3. The van der Waals surface area contributed by atoms with Crippen molar-refractivity contribution in [1.29, 1.82) is 0 Å². The first-order valence-electron chi connectivity index (χ1n) is 6.17. The summed E-state index contributed by atoms with van der Waals surface area (Å²) in [7, 11) is 0. The summed E-state index contributed by atoms with van der Waals surface area (Å²) in [6, 6.07) is 15.2. The van der Waals surface area contributed by atoms with Gasteiger partial charge in [0.05, 0.1) is 4.34 Å². The monoisotopic (exact) mass is 279 g/mol. The Morgan fingerprint density at radius 1 is 1.06 bits per heavy atom. The fourth-order valence-corrected chi connectivity index (χ4v) is 2.99. The van der Waals surface area contributed by atoms with Crippen molar-refractivity contribution < 1.29 is 0 Å². The molecule has 2 aromatic rings. The Labute approximate surface area is 118 Å². The van der Waals surface area contributed by atoms with Gasteiger partial charge in [-0.05, 0) is 31.5 Å². The lowest BCUT2D eigenvalue weighted by molar-refractivity contribution is 0.205. The molecular formula is C15H18ClNS. The summed E-state index contributed by atoms with van der Waals surface area (Å²) in [6.07, 6.45) is 0. The Bertz CT molecular complexity index is 478. The smallest absolute Gasteiger partial charge is 0.0931 e. The molecule has 18 heavy (non-hydrogen) atoms. The van der Waals surface area contributed by atoms with Gasteiger partial charge >= 0.3 is 0 Å². The van der Waals surface area contributed by atoms with Crippen molar-refractivity contribution in [2.45, 2.75) is 33.0 Å². The van der Waals surface area contributed by atoms with Gasteiger partial charge in [-0.1, -0.05) is 41.9 Å². The molecule has 0 amide bonds. The highest BCUT2D eigenvalue weighted by Crippen LogP contribution is 2.24. The van der Waals surface area contributed by atoms with Gasteiger partial charge in [0.2, 0.25) is 0 Å². The molecule has 0 spiro atoms. The Morgan fingerprint density at radius 3 is 2.33 bits per heavy atom. The van der Waals surface area contributed by atoms with Crippen LogP contribution >= 0.6 is 22.9 Å². The second kappa shape index (κ2) is 6.37. The van der Waals surface area contributed by atoms with E-state index < -0.39 is 0 Å². The SMILES string of the molecule is CC(C)N(Cc1ccccc1)Cc1ccc(Cl)s1. The van der Waals surface area contributed by atoms with E-state index in [9.17, 15) is 0 Å². The zero-order chi connectivity index (χ0) is 13.0. The Kier molecular flexibility index (Phi) is 4.81. The van der Waals surface area contributed by atoms with Crippen LogP contribution in [0.25, 0.3) is 0 Å². The van der Waals surface area contributed by atoms with E-state index in [0.717, 1.165) is 17.4 Å². The lowest BCUT2D eigenvalue weighted by Gasteiger charge is -2.26. The molecular weight excluding hydrogens is 262 g/mol. The molecule has 0 saturated heterocycles. The van der Waals surface area contributed by atoms with Crippen molar-refractivity contribution in [3.05, 3.63) is 57.2 Å². The number of hydrogen-bond donors (Lipinski definition) is 0. The minimum absolute atomic E-state index is 0.520. The van der Waals surface area contributed by atoms with Gasteiger partial charge < -0.3 is 0 Å². The van der Waals surface area contributed by atoms with E-state index in [0.29, 0.717) is 6.04 Å². The van der Waals surface area contributed by atoms with Crippen molar-refractivity contribution in [3.63, 3.8) is 0 Å². The van der Waals surface area contributed by atoms with Gasteiger partial charge in [0.15, 0.2) is 0 Å². The third kappa shape index (κ3) is 3.84. The Hall–Kier alpha value is -0.830. The van der Waals surface area contributed by atoms with Crippen LogP contribution in [0, 0.1) is 0 Å². The number of halogens is 1. The molecule has 0 saturated carbocycles. The van der Waals surface area contributed by atoms with Crippen LogP contribution in [-0.4, -0.2) is 10.9 Å². The van der Waals surface area contributed by atoms with E-state index in [1.54, 1.807) is 11.3 Å². The first-order valence-corrected chi connectivity index (χ1v) is 7.37. The number of hydrogen-bond acceptors (Lipinski definition) is 2. The van der Waals surface area contributed by atoms with Crippen LogP contribution in [0.15, 0.2) is 42.5 Å². The van der Waals surface area contributed by atoms with E-state index in [4.69, 9.17) is 11.6 Å². The highest BCUT2D eigenvalue weighted by Gasteiger charge is 2.11. The molecule has 0 aliphatic rings. The van der Waals surface area contributed by atoms with Crippen molar-refractivity contribution in [1.82, 2.24) is 4.90 Å². The van der Waals surface area contributed by atoms with Gasteiger partial charge in [-0.2, -0.15) is 0 Å². The van der Waals surface area contributed by atoms with Crippen molar-refractivity contribution in [2.24, 2.45) is 0 Å². The molecule has 0 N–H and O–H groups in total. The van der Waals surface area contributed by atoms with Crippen LogP contribution in [0.3, 0.4) is 0 Å². The van der Waals surface area contributed by atoms with Crippen LogP contribution in [0.5, 0.6) is 0 Å². The Morgan fingerprint density at radius 2 is 1.78 bits per heavy atom. The zero-order valence-corrected chi connectivity index (χ0v) is 12.3. The maximum absolute atomic E-state index is 5.98. The molecule has 3 heteroatoms. The minimum Gasteiger partial charge on any atom is -0.292 e. The predicted octanol–water partition coefficient (Wildman–Crippen LogP) is 4.81. The number of thiophene rings is 1. The van der Waals surface area contributed by atoms with Crippen LogP contribution < -0.4 is 0 Å². The number of benzene rings is 1. The maximum Gasteiger partial charge on any atom is 0.0931 e. The molecule has 0 aliphatic heterocycles. The first-order chi connectivity index (χ1) is 8.65. The average molecular weight is 280 g/mol. The van der Waals surface area contributed by atoms with Gasteiger partial charge in [0, 0.05) is 24.0 Å². The topological polar surface area (TPSA) is 3.24 Å². The summed E-state index contributed by atoms with van der Waals surface area (Å²) < 4.78 is 0.869. The molecule has 0 fully saturated rings. The quantitative estimate of drug-likeness (QED) is 0.759. The van der Waals surface area contributed by atoms with Gasteiger partial charge in [-0.3, -0.25) is 4.90 Å². The van der Waals surface area contributed by atoms with Crippen molar-refractivity contribution >= 4 is 22.9 Å². The highest BCUT2D eigenvalue weighted by molar-refractivity contribution is 7.16. The lowest BCUT2D eigenvalue weighted by atomic mass is 10.2. The fourth-order valence-electron chi connectivity index (χ4n) is 1.88. The summed E-state index contributed by atoms with van der Waals surface area (Å²) >= 11 is 7.65. The predicted molar refractivity (Wildman–Crippen MR) is 80.2 cm³/mol. The second-order valence-electron chi connectivity index (χ2n) is 4.69. The molecule has 96 valence electrons. The molecule has 1 aromatic carbocycles. The second-order valence-corrected chi connectivity index (χ2v) is 6.49. The van der Waals surface area contributed by atoms with Crippen LogP contribution in [0.1, 0.15) is 24.3 Å². The molecule has 0 radical (unpaired) electrons. The molecule has 2 rings (SSSR count). The van der Waals surface area contributed by atoms with E-state index in [1.165, 1.54) is 10.4 Å². The van der Waals surface area contributed by atoms with Gasteiger partial charge in [-0.25, -0.2) is 0 Å². The third-order valence-corrected chi connectivity index (χ3v) is 4.16. The van der Waals surface area contributed by atoms with Gasteiger partial charge in [0.1, 0.15) is 0 Å². The zero-order valence-electron chi connectivity index (χ0n) is 10.8. The van der Waals surface area contributed by atoms with Crippen LogP contribution in [0.2, 0.25) is 4.34 Å². The van der Waals surface area contributed by atoms with Crippen molar-refractivity contribution in [2.75, 3.05) is 0 Å². The molecule has 1 nitrogen and oxygen atoms in total. The summed E-state index contributed by atoms with van der Waals surface area (Å²) in [5, 5.41) is 0. The third-order valence-electron chi connectivity index (χ3n) is 2.95. The Balaban J connectivity index is 2.05. The number of rotatable bonds is 5. The van der Waals surface area contributed by atoms with Gasteiger partial charge in [0.25, 0.3) is 0 Å².